The molecule has 0 aromatic heterocycles. The normalized spacial score (nSPS) is 15.4. The molecule has 0 aliphatic heterocycles. The Bertz CT molecular complexity index is 123. The first-order valence-corrected chi connectivity index (χ1v) is 5.33. The van der Waals surface area contributed by atoms with Crippen molar-refractivity contribution in [2.75, 3.05) is 33.4 Å². The van der Waals surface area contributed by atoms with Gasteiger partial charge in [0, 0.05) is 32.8 Å². The van der Waals surface area contributed by atoms with Crippen LogP contribution in [-0.2, 0) is 4.74 Å². The maximum Gasteiger partial charge on any atom is 0.0687 e. The van der Waals surface area contributed by atoms with Crippen molar-refractivity contribution >= 4 is 0 Å². The molecule has 0 aromatic carbocycles. The quantitative estimate of drug-likeness (QED) is 0.462. The van der Waals surface area contributed by atoms with Gasteiger partial charge >= 0.3 is 0 Å². The van der Waals surface area contributed by atoms with Crippen LogP contribution in [0.3, 0.4) is 0 Å². The van der Waals surface area contributed by atoms with Gasteiger partial charge in [0.25, 0.3) is 0 Å². The molecule has 0 bridgehead atoms. The van der Waals surface area contributed by atoms with Crippen LogP contribution in [0.1, 0.15) is 20.3 Å². The standard InChI is InChI=1S/C10H24N2O2/c1-4-10(13)9(2)12-6-5-11-7-8-14-3/h9-13H,4-8H2,1-3H3. The molecular weight excluding hydrogens is 180 g/mol. The minimum Gasteiger partial charge on any atom is -0.392 e. The van der Waals surface area contributed by atoms with E-state index < -0.39 is 0 Å². The summed E-state index contributed by atoms with van der Waals surface area (Å²) in [6.07, 6.45) is 0.555. The first-order chi connectivity index (χ1) is 6.72. The topological polar surface area (TPSA) is 53.5 Å². The second kappa shape index (κ2) is 9.40. The van der Waals surface area contributed by atoms with E-state index in [2.05, 4.69) is 10.6 Å². The van der Waals surface area contributed by atoms with E-state index in [0.717, 1.165) is 32.7 Å². The Labute approximate surface area is 87.0 Å². The molecule has 14 heavy (non-hydrogen) atoms. The fourth-order valence-electron chi connectivity index (χ4n) is 1.18. The van der Waals surface area contributed by atoms with E-state index in [1.807, 2.05) is 13.8 Å². The van der Waals surface area contributed by atoms with Gasteiger partial charge in [-0.25, -0.2) is 0 Å². The summed E-state index contributed by atoms with van der Waals surface area (Å²) < 4.78 is 4.90. The van der Waals surface area contributed by atoms with Gasteiger partial charge in [0.1, 0.15) is 0 Å². The summed E-state index contributed by atoms with van der Waals surface area (Å²) in [5.41, 5.74) is 0. The third kappa shape index (κ3) is 7.26. The molecule has 0 saturated carbocycles. The van der Waals surface area contributed by atoms with Crippen molar-refractivity contribution in [1.82, 2.24) is 10.6 Å². The molecule has 4 heteroatoms. The van der Waals surface area contributed by atoms with Crippen LogP contribution in [0.4, 0.5) is 0 Å². The second-order valence-electron chi connectivity index (χ2n) is 3.46. The molecule has 2 atom stereocenters. The molecule has 0 amide bonds. The minimum absolute atomic E-state index is 0.171. The summed E-state index contributed by atoms with van der Waals surface area (Å²) in [5.74, 6) is 0. The molecule has 2 unspecified atom stereocenters. The lowest BCUT2D eigenvalue weighted by molar-refractivity contribution is 0.130. The van der Waals surface area contributed by atoms with Gasteiger partial charge in [-0.15, -0.1) is 0 Å². The predicted molar refractivity (Wildman–Crippen MR) is 58.5 cm³/mol. The first-order valence-electron chi connectivity index (χ1n) is 5.33. The third-order valence-corrected chi connectivity index (χ3v) is 2.25. The van der Waals surface area contributed by atoms with Crippen molar-refractivity contribution in [3.63, 3.8) is 0 Å². The predicted octanol–water partition coefficient (Wildman–Crippen LogP) is -0.0286. The molecule has 0 fully saturated rings. The average Bonchev–Trinajstić information content (AvgIpc) is 2.21. The number of ether oxygens (including phenoxy) is 1. The monoisotopic (exact) mass is 204 g/mol. The van der Waals surface area contributed by atoms with Crippen LogP contribution in [0, 0.1) is 0 Å². The zero-order valence-corrected chi connectivity index (χ0v) is 9.55. The highest BCUT2D eigenvalue weighted by atomic mass is 16.5. The number of hydrogen-bond acceptors (Lipinski definition) is 4. The summed E-state index contributed by atoms with van der Waals surface area (Å²) in [6, 6.07) is 0.171. The van der Waals surface area contributed by atoms with Crippen molar-refractivity contribution < 1.29 is 9.84 Å². The van der Waals surface area contributed by atoms with Gasteiger partial charge in [-0.05, 0) is 13.3 Å². The smallest absolute Gasteiger partial charge is 0.0687 e. The van der Waals surface area contributed by atoms with E-state index in [-0.39, 0.29) is 12.1 Å². The Hall–Kier alpha value is -0.160. The summed E-state index contributed by atoms with van der Waals surface area (Å²) in [5, 5.41) is 16.0. The molecule has 0 aromatic rings. The summed E-state index contributed by atoms with van der Waals surface area (Å²) in [7, 11) is 1.69. The maximum absolute atomic E-state index is 9.46. The number of hydrogen-bond donors (Lipinski definition) is 3. The van der Waals surface area contributed by atoms with Gasteiger partial charge in [-0.3, -0.25) is 0 Å². The SMILES string of the molecule is CCC(O)C(C)NCCNCCOC. The molecule has 0 rings (SSSR count). The number of nitrogens with one attached hydrogen (secondary N) is 2. The van der Waals surface area contributed by atoms with Gasteiger partial charge in [0.05, 0.1) is 12.7 Å². The molecule has 0 heterocycles. The Morgan fingerprint density at radius 2 is 2.00 bits per heavy atom. The zero-order chi connectivity index (χ0) is 10.8. The molecule has 86 valence electrons. The average molecular weight is 204 g/mol. The van der Waals surface area contributed by atoms with Crippen molar-refractivity contribution in [2.24, 2.45) is 0 Å². The third-order valence-electron chi connectivity index (χ3n) is 2.25. The summed E-state index contributed by atoms with van der Waals surface area (Å²) in [4.78, 5) is 0. The van der Waals surface area contributed by atoms with Gasteiger partial charge in [-0.1, -0.05) is 6.92 Å². The van der Waals surface area contributed by atoms with E-state index >= 15 is 0 Å². The van der Waals surface area contributed by atoms with Crippen LogP contribution in [0.15, 0.2) is 0 Å². The zero-order valence-electron chi connectivity index (χ0n) is 9.55. The van der Waals surface area contributed by atoms with Crippen LogP contribution in [0.2, 0.25) is 0 Å². The Morgan fingerprint density at radius 1 is 1.29 bits per heavy atom. The highest BCUT2D eigenvalue weighted by molar-refractivity contribution is 4.69. The molecule has 0 aliphatic carbocycles. The highest BCUT2D eigenvalue weighted by Crippen LogP contribution is 1.95. The van der Waals surface area contributed by atoms with Gasteiger partial charge in [-0.2, -0.15) is 0 Å². The van der Waals surface area contributed by atoms with E-state index in [4.69, 9.17) is 4.74 Å². The van der Waals surface area contributed by atoms with Crippen molar-refractivity contribution in [2.45, 2.75) is 32.4 Å². The van der Waals surface area contributed by atoms with Crippen LogP contribution in [0.5, 0.6) is 0 Å². The molecule has 4 nitrogen and oxygen atoms in total. The Balaban J connectivity index is 3.18. The number of aliphatic hydroxyl groups excluding tert-OH is 1. The number of methoxy groups -OCH3 is 1. The van der Waals surface area contributed by atoms with Crippen molar-refractivity contribution in [1.29, 1.82) is 0 Å². The lowest BCUT2D eigenvalue weighted by Crippen LogP contribution is -2.40. The Kier molecular flexibility index (Phi) is 9.29. The molecule has 0 aliphatic rings. The van der Waals surface area contributed by atoms with Gasteiger partial charge in [0.15, 0.2) is 0 Å². The number of aliphatic hydroxyl groups is 1. The molecule has 3 N–H and O–H groups in total. The fourth-order valence-corrected chi connectivity index (χ4v) is 1.18. The van der Waals surface area contributed by atoms with Gasteiger partial charge < -0.3 is 20.5 Å². The van der Waals surface area contributed by atoms with E-state index in [1.165, 1.54) is 0 Å². The van der Waals surface area contributed by atoms with E-state index in [1.54, 1.807) is 7.11 Å². The summed E-state index contributed by atoms with van der Waals surface area (Å²) in [6.45, 7) is 7.39. The number of rotatable bonds is 9. The second-order valence-corrected chi connectivity index (χ2v) is 3.46. The van der Waals surface area contributed by atoms with Crippen LogP contribution < -0.4 is 10.6 Å². The lowest BCUT2D eigenvalue weighted by atomic mass is 10.1. The minimum atomic E-state index is -0.242. The van der Waals surface area contributed by atoms with Crippen LogP contribution >= 0.6 is 0 Å². The summed E-state index contributed by atoms with van der Waals surface area (Å²) >= 11 is 0. The van der Waals surface area contributed by atoms with Crippen molar-refractivity contribution in [3.05, 3.63) is 0 Å². The largest absolute Gasteiger partial charge is 0.392 e. The lowest BCUT2D eigenvalue weighted by Gasteiger charge is -2.18. The fraction of sp³-hybridized carbons (Fsp3) is 1.00. The molecular formula is C10H24N2O2. The van der Waals surface area contributed by atoms with E-state index in [9.17, 15) is 5.11 Å². The molecule has 0 spiro atoms. The van der Waals surface area contributed by atoms with Crippen LogP contribution in [-0.4, -0.2) is 50.6 Å². The maximum atomic E-state index is 9.46. The highest BCUT2D eigenvalue weighted by Gasteiger charge is 2.09. The van der Waals surface area contributed by atoms with Crippen LogP contribution in [0.25, 0.3) is 0 Å². The van der Waals surface area contributed by atoms with E-state index in [0.29, 0.717) is 0 Å². The first kappa shape index (κ1) is 13.8. The molecule has 0 saturated heterocycles. The van der Waals surface area contributed by atoms with Crippen molar-refractivity contribution in [3.8, 4) is 0 Å². The van der Waals surface area contributed by atoms with Gasteiger partial charge in [0.2, 0.25) is 0 Å². The molecule has 0 radical (unpaired) electrons. The Morgan fingerprint density at radius 3 is 2.57 bits per heavy atom.